The van der Waals surface area contributed by atoms with E-state index in [2.05, 4.69) is 0 Å². The van der Waals surface area contributed by atoms with E-state index in [1.165, 1.54) is 0 Å². The molecule has 3 N–H and O–H groups in total. The molecule has 0 aromatic carbocycles. The Hall–Kier alpha value is -0.200. The van der Waals surface area contributed by atoms with Gasteiger partial charge >= 0.3 is 0 Å². The molecule has 5 nitrogen and oxygen atoms in total. The number of aldehydes is 1. The molecule has 13 heavy (non-hydrogen) atoms. The Morgan fingerprint density at radius 1 is 1.38 bits per heavy atom. The first-order valence-electron chi connectivity index (χ1n) is 3.83. The van der Waals surface area contributed by atoms with Crippen LogP contribution in [0.4, 0.5) is 0 Å². The Kier molecular flexibility index (Phi) is 3.63. The molecule has 1 heterocycles. The fraction of sp³-hybridized carbons (Fsp3) is 0.857. The van der Waals surface area contributed by atoms with E-state index < -0.39 is 36.4 Å². The molecule has 1 saturated heterocycles. The highest BCUT2D eigenvalue weighted by atomic mass is 35.5. The molecule has 6 heteroatoms. The maximum absolute atomic E-state index is 10.4. The number of carbonyl (C=O) groups excluding carboxylic acids is 1. The van der Waals surface area contributed by atoms with Crippen molar-refractivity contribution in [2.75, 3.05) is 6.61 Å². The number of alkyl halides is 1. The van der Waals surface area contributed by atoms with Gasteiger partial charge in [-0.2, -0.15) is 0 Å². The molecule has 76 valence electrons. The first-order valence-corrected chi connectivity index (χ1v) is 4.27. The third kappa shape index (κ3) is 2.00. The molecule has 0 radical (unpaired) electrons. The minimum atomic E-state index is -1.29. The standard InChI is InChI=1S/C7H11ClO5/c8-7-3(1-9)5(11)6(12)4(2-10)13-7/h1,3-7,10-12H,2H2/t3-,4-,5-,6-,7?/m1/s1. The molecule has 1 aliphatic rings. The molecule has 5 atom stereocenters. The van der Waals surface area contributed by atoms with Gasteiger partial charge in [0.05, 0.1) is 18.6 Å². The summed E-state index contributed by atoms with van der Waals surface area (Å²) >= 11 is 5.58. The topological polar surface area (TPSA) is 87.0 Å². The zero-order valence-corrected chi connectivity index (χ0v) is 7.46. The molecule has 0 spiro atoms. The number of rotatable bonds is 2. The maximum atomic E-state index is 10.4. The number of hydrogen-bond acceptors (Lipinski definition) is 5. The number of aliphatic hydroxyl groups excluding tert-OH is 3. The van der Waals surface area contributed by atoms with Crippen LogP contribution in [0.25, 0.3) is 0 Å². The van der Waals surface area contributed by atoms with Crippen LogP contribution in [0.5, 0.6) is 0 Å². The lowest BCUT2D eigenvalue weighted by molar-refractivity contribution is -0.185. The van der Waals surface area contributed by atoms with Crippen molar-refractivity contribution < 1.29 is 24.9 Å². The quantitative estimate of drug-likeness (QED) is 0.381. The monoisotopic (exact) mass is 210 g/mol. The van der Waals surface area contributed by atoms with Gasteiger partial charge in [-0.15, -0.1) is 0 Å². The lowest BCUT2D eigenvalue weighted by atomic mass is 9.93. The summed E-state index contributed by atoms with van der Waals surface area (Å²) in [5, 5.41) is 27.4. The highest BCUT2D eigenvalue weighted by Gasteiger charge is 2.43. The summed E-state index contributed by atoms with van der Waals surface area (Å²) in [7, 11) is 0. The second-order valence-electron chi connectivity index (χ2n) is 2.90. The van der Waals surface area contributed by atoms with Crippen molar-refractivity contribution in [1.29, 1.82) is 0 Å². The summed E-state index contributed by atoms with van der Waals surface area (Å²) < 4.78 is 4.90. The Balaban J connectivity index is 2.72. The van der Waals surface area contributed by atoms with Crippen molar-refractivity contribution in [2.45, 2.75) is 23.9 Å². The van der Waals surface area contributed by atoms with Crippen LogP contribution in [-0.2, 0) is 9.53 Å². The van der Waals surface area contributed by atoms with Crippen molar-refractivity contribution >= 4 is 17.9 Å². The Morgan fingerprint density at radius 3 is 2.46 bits per heavy atom. The van der Waals surface area contributed by atoms with E-state index in [0.717, 1.165) is 0 Å². The Bertz CT molecular complexity index is 188. The lowest BCUT2D eigenvalue weighted by Gasteiger charge is -2.37. The van der Waals surface area contributed by atoms with Gasteiger partial charge in [0.25, 0.3) is 0 Å². The molecular weight excluding hydrogens is 200 g/mol. The van der Waals surface area contributed by atoms with Gasteiger partial charge in [0, 0.05) is 0 Å². The first-order chi connectivity index (χ1) is 6.11. The summed E-state index contributed by atoms with van der Waals surface area (Å²) in [6, 6.07) is 0. The van der Waals surface area contributed by atoms with E-state index in [1.807, 2.05) is 0 Å². The van der Waals surface area contributed by atoms with Crippen LogP contribution < -0.4 is 0 Å². The molecule has 0 aromatic heterocycles. The van der Waals surface area contributed by atoms with Crippen LogP contribution in [0.2, 0.25) is 0 Å². The van der Waals surface area contributed by atoms with Crippen LogP contribution in [0.15, 0.2) is 0 Å². The van der Waals surface area contributed by atoms with E-state index in [9.17, 15) is 15.0 Å². The number of ether oxygens (including phenoxy) is 1. The SMILES string of the molecule is O=C[C@H]1C(Cl)O[C@H](CO)[C@@H](O)[C@@H]1O. The predicted octanol–water partition coefficient (Wildman–Crippen LogP) is -1.52. The zero-order chi connectivity index (χ0) is 10.0. The molecule has 1 aliphatic heterocycles. The fourth-order valence-corrected chi connectivity index (χ4v) is 1.57. The maximum Gasteiger partial charge on any atom is 0.143 e. The van der Waals surface area contributed by atoms with Gasteiger partial charge in [-0.25, -0.2) is 0 Å². The average molecular weight is 211 g/mol. The number of halogens is 1. The van der Waals surface area contributed by atoms with Crippen LogP contribution in [0, 0.1) is 5.92 Å². The summed E-state index contributed by atoms with van der Waals surface area (Å²) in [5.74, 6) is -0.959. The highest BCUT2D eigenvalue weighted by Crippen LogP contribution is 2.26. The Morgan fingerprint density at radius 2 is 2.00 bits per heavy atom. The number of hydrogen-bond donors (Lipinski definition) is 3. The molecule has 1 fully saturated rings. The highest BCUT2D eigenvalue weighted by molar-refractivity contribution is 6.20. The normalized spacial score (nSPS) is 46.0. The van der Waals surface area contributed by atoms with Crippen molar-refractivity contribution in [2.24, 2.45) is 5.92 Å². The van der Waals surface area contributed by atoms with Gasteiger partial charge in [-0.3, -0.25) is 0 Å². The second-order valence-corrected chi connectivity index (χ2v) is 3.33. The van der Waals surface area contributed by atoms with Crippen LogP contribution in [0.1, 0.15) is 0 Å². The van der Waals surface area contributed by atoms with Crippen LogP contribution in [-0.4, -0.2) is 52.1 Å². The third-order valence-corrected chi connectivity index (χ3v) is 2.46. The summed E-state index contributed by atoms with van der Waals surface area (Å²) in [5.41, 5.74) is -1.01. The molecular formula is C7H11ClO5. The molecule has 0 saturated carbocycles. The molecule has 1 rings (SSSR count). The van der Waals surface area contributed by atoms with E-state index in [4.69, 9.17) is 21.4 Å². The van der Waals surface area contributed by atoms with Gasteiger partial charge < -0.3 is 24.9 Å². The molecule has 0 aliphatic carbocycles. The van der Waals surface area contributed by atoms with E-state index in [-0.39, 0.29) is 0 Å². The van der Waals surface area contributed by atoms with Crippen LogP contribution in [0.3, 0.4) is 0 Å². The number of aliphatic hydroxyl groups is 3. The van der Waals surface area contributed by atoms with E-state index >= 15 is 0 Å². The summed E-state index contributed by atoms with van der Waals surface area (Å²) in [6.07, 6.45) is -3.08. The van der Waals surface area contributed by atoms with Crippen molar-refractivity contribution in [1.82, 2.24) is 0 Å². The second kappa shape index (κ2) is 4.34. The smallest absolute Gasteiger partial charge is 0.143 e. The first kappa shape index (κ1) is 10.9. The molecule has 0 bridgehead atoms. The largest absolute Gasteiger partial charge is 0.394 e. The van der Waals surface area contributed by atoms with Crippen molar-refractivity contribution in [3.05, 3.63) is 0 Å². The lowest BCUT2D eigenvalue weighted by Crippen LogP contribution is -2.54. The molecule has 1 unspecified atom stereocenters. The number of carbonyl (C=O) groups is 1. The molecule has 0 amide bonds. The van der Waals surface area contributed by atoms with Crippen molar-refractivity contribution in [3.8, 4) is 0 Å². The van der Waals surface area contributed by atoms with Gasteiger partial charge in [-0.1, -0.05) is 11.6 Å². The van der Waals surface area contributed by atoms with Gasteiger partial charge in [0.15, 0.2) is 0 Å². The molecule has 0 aromatic rings. The van der Waals surface area contributed by atoms with Crippen molar-refractivity contribution in [3.63, 3.8) is 0 Å². The van der Waals surface area contributed by atoms with Crippen LogP contribution >= 0.6 is 11.6 Å². The zero-order valence-electron chi connectivity index (χ0n) is 6.71. The predicted molar refractivity (Wildman–Crippen MR) is 43.2 cm³/mol. The Labute approximate surface area is 79.9 Å². The summed E-state index contributed by atoms with van der Waals surface area (Å²) in [6.45, 7) is -0.451. The van der Waals surface area contributed by atoms with Gasteiger partial charge in [0.2, 0.25) is 0 Å². The van der Waals surface area contributed by atoms with Gasteiger partial charge in [0.1, 0.15) is 24.1 Å². The van der Waals surface area contributed by atoms with E-state index in [1.54, 1.807) is 0 Å². The third-order valence-electron chi connectivity index (χ3n) is 2.07. The minimum absolute atomic E-state index is 0.430. The average Bonchev–Trinajstić information content (AvgIpc) is 2.12. The van der Waals surface area contributed by atoms with E-state index in [0.29, 0.717) is 6.29 Å². The van der Waals surface area contributed by atoms with Gasteiger partial charge in [-0.05, 0) is 0 Å². The minimum Gasteiger partial charge on any atom is -0.394 e. The fourth-order valence-electron chi connectivity index (χ4n) is 1.23. The summed E-state index contributed by atoms with van der Waals surface area (Å²) in [4.78, 5) is 10.4.